The molecule has 0 aromatic rings. The minimum absolute atomic E-state index is 0.274. The Balaban J connectivity index is 4.27. The van der Waals surface area contributed by atoms with Crippen molar-refractivity contribution >= 4 is 5.91 Å². The summed E-state index contributed by atoms with van der Waals surface area (Å²) >= 11 is 0. The van der Waals surface area contributed by atoms with Crippen LogP contribution in [0.25, 0.3) is 0 Å². The van der Waals surface area contributed by atoms with Crippen LogP contribution in [0.2, 0.25) is 0 Å². The van der Waals surface area contributed by atoms with Crippen LogP contribution in [0, 0.1) is 5.41 Å². The van der Waals surface area contributed by atoms with E-state index in [-0.39, 0.29) is 11.3 Å². The fourth-order valence-electron chi connectivity index (χ4n) is 1.99. The second kappa shape index (κ2) is 6.36. The van der Waals surface area contributed by atoms with Gasteiger partial charge in [-0.1, -0.05) is 27.7 Å². The topological polar surface area (TPSA) is 58.4 Å². The molecule has 3 N–H and O–H groups in total. The minimum atomic E-state index is -0.596. The number of carbonyl (C=O) groups excluding carboxylic acids is 1. The summed E-state index contributed by atoms with van der Waals surface area (Å²) in [5.41, 5.74) is 5.13. The van der Waals surface area contributed by atoms with Crippen LogP contribution < -0.4 is 11.1 Å². The monoisotopic (exact) mass is 243 g/mol. The molecule has 1 atom stereocenters. The predicted molar refractivity (Wildman–Crippen MR) is 72.8 cm³/mol. The van der Waals surface area contributed by atoms with Crippen molar-refractivity contribution < 1.29 is 4.79 Å². The molecule has 0 saturated heterocycles. The SMILES string of the molecule is CCNC(C)(CCN(C)CC(C)(C)C)C(N)=O. The molecule has 4 heteroatoms. The molecule has 0 rings (SSSR count). The molecule has 4 nitrogen and oxygen atoms in total. The lowest BCUT2D eigenvalue weighted by Crippen LogP contribution is -2.54. The second-order valence-corrected chi connectivity index (χ2v) is 6.28. The molecular weight excluding hydrogens is 214 g/mol. The first-order valence-electron chi connectivity index (χ1n) is 6.34. The van der Waals surface area contributed by atoms with Gasteiger partial charge < -0.3 is 16.0 Å². The number of carbonyl (C=O) groups is 1. The van der Waals surface area contributed by atoms with E-state index < -0.39 is 5.54 Å². The summed E-state index contributed by atoms with van der Waals surface area (Å²) < 4.78 is 0. The highest BCUT2D eigenvalue weighted by molar-refractivity contribution is 5.84. The first-order valence-corrected chi connectivity index (χ1v) is 6.34. The summed E-state index contributed by atoms with van der Waals surface area (Å²) in [7, 11) is 2.08. The summed E-state index contributed by atoms with van der Waals surface area (Å²) in [6, 6.07) is 0. The zero-order valence-electron chi connectivity index (χ0n) is 12.3. The molecule has 17 heavy (non-hydrogen) atoms. The fourth-order valence-corrected chi connectivity index (χ4v) is 1.99. The molecule has 0 aromatic heterocycles. The van der Waals surface area contributed by atoms with E-state index in [1.165, 1.54) is 0 Å². The number of hydrogen-bond donors (Lipinski definition) is 2. The summed E-state index contributed by atoms with van der Waals surface area (Å²) in [5, 5.41) is 3.18. The van der Waals surface area contributed by atoms with Gasteiger partial charge in [-0.15, -0.1) is 0 Å². The van der Waals surface area contributed by atoms with Gasteiger partial charge in [-0.3, -0.25) is 4.79 Å². The molecule has 0 saturated carbocycles. The molecule has 0 spiro atoms. The number of rotatable bonds is 7. The van der Waals surface area contributed by atoms with E-state index in [2.05, 4.69) is 38.0 Å². The lowest BCUT2D eigenvalue weighted by atomic mass is 9.94. The summed E-state index contributed by atoms with van der Waals surface area (Å²) in [6.07, 6.45) is 0.739. The lowest BCUT2D eigenvalue weighted by molar-refractivity contribution is -0.124. The first kappa shape index (κ1) is 16.4. The predicted octanol–water partition coefficient (Wildman–Crippen LogP) is 1.21. The molecule has 0 aliphatic rings. The van der Waals surface area contributed by atoms with Gasteiger partial charge in [-0.05, 0) is 32.4 Å². The largest absolute Gasteiger partial charge is 0.368 e. The Hall–Kier alpha value is -0.610. The third-order valence-electron chi connectivity index (χ3n) is 2.85. The Morgan fingerprint density at radius 1 is 1.29 bits per heavy atom. The van der Waals surface area contributed by atoms with Gasteiger partial charge >= 0.3 is 0 Å². The molecule has 1 amide bonds. The standard InChI is InChI=1S/C13H29N3O/c1-7-15-13(5,11(14)17)8-9-16(6)10-12(2,3)4/h15H,7-10H2,1-6H3,(H2,14,17). The van der Waals surface area contributed by atoms with E-state index in [0.717, 1.165) is 26.1 Å². The zero-order chi connectivity index (χ0) is 13.7. The maximum Gasteiger partial charge on any atom is 0.237 e. The molecule has 0 aliphatic carbocycles. The Kier molecular flexibility index (Phi) is 6.13. The van der Waals surface area contributed by atoms with E-state index in [9.17, 15) is 4.79 Å². The average Bonchev–Trinajstić information content (AvgIpc) is 2.12. The number of primary amides is 1. The van der Waals surface area contributed by atoms with Crippen LogP contribution >= 0.6 is 0 Å². The first-order chi connectivity index (χ1) is 7.60. The van der Waals surface area contributed by atoms with Crippen molar-refractivity contribution in [3.63, 3.8) is 0 Å². The van der Waals surface area contributed by atoms with Crippen LogP contribution in [0.3, 0.4) is 0 Å². The quantitative estimate of drug-likeness (QED) is 0.706. The van der Waals surface area contributed by atoms with E-state index in [1.54, 1.807) is 0 Å². The van der Waals surface area contributed by atoms with Gasteiger partial charge in [0.15, 0.2) is 0 Å². The number of nitrogens with zero attached hydrogens (tertiary/aromatic N) is 1. The number of nitrogens with two attached hydrogens (primary N) is 1. The van der Waals surface area contributed by atoms with Gasteiger partial charge in [-0.2, -0.15) is 0 Å². The number of hydrogen-bond acceptors (Lipinski definition) is 3. The normalized spacial score (nSPS) is 15.9. The van der Waals surface area contributed by atoms with Crippen LogP contribution in [0.1, 0.15) is 41.0 Å². The third-order valence-corrected chi connectivity index (χ3v) is 2.85. The summed E-state index contributed by atoms with van der Waals surface area (Å²) in [4.78, 5) is 13.7. The van der Waals surface area contributed by atoms with Crippen LogP contribution in [0.4, 0.5) is 0 Å². The van der Waals surface area contributed by atoms with Gasteiger partial charge in [-0.25, -0.2) is 0 Å². The van der Waals surface area contributed by atoms with Crippen molar-refractivity contribution in [2.45, 2.75) is 46.6 Å². The molecular formula is C13H29N3O. The van der Waals surface area contributed by atoms with Crippen molar-refractivity contribution in [1.82, 2.24) is 10.2 Å². The number of likely N-dealkylation sites (N-methyl/N-ethyl adjacent to an activating group) is 1. The Labute approximate surface area is 106 Å². The highest BCUT2D eigenvalue weighted by atomic mass is 16.1. The van der Waals surface area contributed by atoms with Crippen LogP contribution in [-0.4, -0.2) is 43.0 Å². The van der Waals surface area contributed by atoms with Crippen molar-refractivity contribution in [3.8, 4) is 0 Å². The van der Waals surface area contributed by atoms with Crippen LogP contribution in [0.5, 0.6) is 0 Å². The molecule has 0 aromatic carbocycles. The highest BCUT2D eigenvalue weighted by Crippen LogP contribution is 2.16. The van der Waals surface area contributed by atoms with E-state index in [4.69, 9.17) is 5.73 Å². The average molecular weight is 243 g/mol. The molecule has 0 bridgehead atoms. The van der Waals surface area contributed by atoms with Crippen molar-refractivity contribution in [3.05, 3.63) is 0 Å². The number of amides is 1. The molecule has 0 fully saturated rings. The van der Waals surface area contributed by atoms with E-state index >= 15 is 0 Å². The minimum Gasteiger partial charge on any atom is -0.368 e. The highest BCUT2D eigenvalue weighted by Gasteiger charge is 2.30. The summed E-state index contributed by atoms with van der Waals surface area (Å²) in [5.74, 6) is -0.275. The van der Waals surface area contributed by atoms with Gasteiger partial charge in [0.05, 0.1) is 5.54 Å². The second-order valence-electron chi connectivity index (χ2n) is 6.28. The van der Waals surface area contributed by atoms with Crippen LogP contribution in [-0.2, 0) is 4.79 Å². The molecule has 0 heterocycles. The maximum atomic E-state index is 11.5. The smallest absolute Gasteiger partial charge is 0.237 e. The Morgan fingerprint density at radius 3 is 2.18 bits per heavy atom. The third kappa shape index (κ3) is 6.64. The molecule has 102 valence electrons. The fraction of sp³-hybridized carbons (Fsp3) is 0.923. The zero-order valence-corrected chi connectivity index (χ0v) is 12.3. The van der Waals surface area contributed by atoms with E-state index in [0.29, 0.717) is 0 Å². The Morgan fingerprint density at radius 2 is 1.82 bits per heavy atom. The molecule has 0 aliphatic heterocycles. The van der Waals surface area contributed by atoms with E-state index in [1.807, 2.05) is 13.8 Å². The van der Waals surface area contributed by atoms with Gasteiger partial charge in [0.25, 0.3) is 0 Å². The van der Waals surface area contributed by atoms with Crippen molar-refractivity contribution in [2.75, 3.05) is 26.7 Å². The van der Waals surface area contributed by atoms with Crippen LogP contribution in [0.15, 0.2) is 0 Å². The van der Waals surface area contributed by atoms with Gasteiger partial charge in [0, 0.05) is 13.1 Å². The molecule has 0 radical (unpaired) electrons. The van der Waals surface area contributed by atoms with Gasteiger partial charge in [0.1, 0.15) is 0 Å². The van der Waals surface area contributed by atoms with Gasteiger partial charge in [0.2, 0.25) is 5.91 Å². The number of nitrogens with one attached hydrogen (secondary N) is 1. The van der Waals surface area contributed by atoms with Crippen molar-refractivity contribution in [2.24, 2.45) is 11.1 Å². The Bertz CT molecular complexity index is 248. The summed E-state index contributed by atoms with van der Waals surface area (Å²) in [6.45, 7) is 13.1. The molecule has 1 unspecified atom stereocenters. The lowest BCUT2D eigenvalue weighted by Gasteiger charge is -2.31. The van der Waals surface area contributed by atoms with Crippen molar-refractivity contribution in [1.29, 1.82) is 0 Å². The maximum absolute atomic E-state index is 11.5.